The normalized spacial score (nSPS) is 14.1. The minimum atomic E-state index is -0.206. The quantitative estimate of drug-likeness (QED) is 0.159. The first kappa shape index (κ1) is 49.4. The maximum absolute atomic E-state index is 9.70. The number of pyridine rings is 1. The van der Waals surface area contributed by atoms with Crippen molar-refractivity contribution in [1.82, 2.24) is 9.55 Å². The maximum atomic E-state index is 9.70. The molecule has 0 radical (unpaired) electrons. The van der Waals surface area contributed by atoms with E-state index < -0.39 is 0 Å². The van der Waals surface area contributed by atoms with Crippen molar-refractivity contribution in [1.29, 1.82) is 0 Å². The van der Waals surface area contributed by atoms with Crippen LogP contribution in [0.5, 0.6) is 11.5 Å². The zero-order valence-electron chi connectivity index (χ0n) is 52.3. The minimum Gasteiger partial charge on any atom is -0.457 e. The highest BCUT2D eigenvalue weighted by atomic mass is 32.1. The number of aromatic nitrogens is 2. The van der Waals surface area contributed by atoms with Gasteiger partial charge in [0, 0.05) is 66.1 Å². The lowest BCUT2D eigenvalue weighted by Gasteiger charge is -2.31. The number of para-hydroxylation sites is 3. The lowest BCUT2D eigenvalue weighted by Crippen LogP contribution is -2.25. The summed E-state index contributed by atoms with van der Waals surface area (Å²) in [6.45, 7) is 34.5. The SMILES string of the molecule is [2H]c1c(Oc2ccc3c4c5sc6ccccc6c5ccc4n(-c4cc(C(C)(C)C)ccn4)c3c2)cc(N2CN(c3c(-c4cc(C(C)(C)C)cc(C(C)(C)C)c4)cccc3-c3cc(C(C)(C)C)cc(C(C)(C)C)c3)c3ccccc32)c([2H])c1[2H]. The van der Waals surface area contributed by atoms with Gasteiger partial charge in [-0.15, -0.1) is 11.3 Å². The molecule has 404 valence electrons. The van der Waals surface area contributed by atoms with Crippen molar-refractivity contribution in [2.75, 3.05) is 16.5 Å². The zero-order valence-corrected chi connectivity index (χ0v) is 50.1. The summed E-state index contributed by atoms with van der Waals surface area (Å²) >= 11 is 1.81. The fraction of sp³-hybridized carbons (Fsp3) is 0.284. The fourth-order valence-corrected chi connectivity index (χ4v) is 12.7. The third-order valence-corrected chi connectivity index (χ3v) is 17.5. The third kappa shape index (κ3) is 9.53. The van der Waals surface area contributed by atoms with E-state index in [9.17, 15) is 4.11 Å². The highest BCUT2D eigenvalue weighted by Gasteiger charge is 2.33. The molecule has 5 nitrogen and oxygen atoms in total. The van der Waals surface area contributed by atoms with Crippen LogP contribution in [0.15, 0.2) is 176 Å². The number of thiophene rings is 1. The van der Waals surface area contributed by atoms with Gasteiger partial charge in [0.25, 0.3) is 0 Å². The van der Waals surface area contributed by atoms with Gasteiger partial charge in [-0.1, -0.05) is 201 Å². The van der Waals surface area contributed by atoms with Gasteiger partial charge >= 0.3 is 0 Å². The third-order valence-electron chi connectivity index (χ3n) is 16.3. The van der Waals surface area contributed by atoms with E-state index in [1.54, 1.807) is 6.07 Å². The summed E-state index contributed by atoms with van der Waals surface area (Å²) < 4.78 is 40.2. The number of hydrogen-bond donors (Lipinski definition) is 0. The predicted octanol–water partition coefficient (Wildman–Crippen LogP) is 21.4. The number of nitrogens with zero attached hydrogens (tertiary/aromatic N) is 4. The van der Waals surface area contributed by atoms with Crippen molar-refractivity contribution in [3.63, 3.8) is 0 Å². The lowest BCUT2D eigenvalue weighted by atomic mass is 9.77. The number of rotatable bonds is 7. The molecule has 0 fully saturated rings. The highest BCUT2D eigenvalue weighted by Crippen LogP contribution is 2.52. The summed E-state index contributed by atoms with van der Waals surface area (Å²) in [7, 11) is 0. The summed E-state index contributed by atoms with van der Waals surface area (Å²) in [5.74, 6) is 1.52. The smallest absolute Gasteiger partial charge is 0.137 e. The molecule has 0 spiro atoms. The highest BCUT2D eigenvalue weighted by molar-refractivity contribution is 7.26. The van der Waals surface area contributed by atoms with E-state index in [4.69, 9.17) is 9.72 Å². The molecular weight excluding hydrogens is 993 g/mol. The van der Waals surface area contributed by atoms with E-state index in [-0.39, 0.29) is 51.0 Å². The molecule has 0 aliphatic carbocycles. The summed E-state index contributed by atoms with van der Waals surface area (Å²) in [4.78, 5) is 9.54. The minimum absolute atomic E-state index is 0.0411. The zero-order chi connectivity index (χ0) is 59.0. The van der Waals surface area contributed by atoms with Crippen LogP contribution in [-0.2, 0) is 27.1 Å². The van der Waals surface area contributed by atoms with E-state index in [2.05, 4.69) is 246 Å². The van der Waals surface area contributed by atoms with Crippen molar-refractivity contribution in [2.45, 2.75) is 131 Å². The summed E-state index contributed by atoms with van der Waals surface area (Å²) in [6, 6.07) is 54.3. The second-order valence-corrected chi connectivity index (χ2v) is 28.3. The van der Waals surface area contributed by atoms with Crippen molar-refractivity contribution in [3.8, 4) is 39.6 Å². The molecule has 3 aromatic heterocycles. The standard InChI is InChI=1S/C74H76N4OS/c1-70(2,3)48-34-35-75-66(42-48)78-63-33-32-59-58-24-16-19-29-65(58)80-69(59)67(63)60-31-30-55(44-64(60)78)79-54-23-20-22-53(43-54)76-45-77(62-28-18-17-27-61(62)76)68-56(46-36-49(71(4,5)6)40-50(37-46)72(7,8)9)25-21-26-57(68)47-38-51(73(10,11)12)41-52(39-47)74(13,14)15/h16-44H,45H2,1-15H3/i20D,22D,23D. The molecule has 11 aromatic rings. The Kier molecular flexibility index (Phi) is 11.7. The summed E-state index contributed by atoms with van der Waals surface area (Å²) in [6.07, 6.45) is 1.90. The maximum Gasteiger partial charge on any atom is 0.137 e. The molecule has 0 saturated heterocycles. The largest absolute Gasteiger partial charge is 0.457 e. The molecule has 1 aliphatic heterocycles. The van der Waals surface area contributed by atoms with Crippen molar-refractivity contribution >= 4 is 76.1 Å². The van der Waals surface area contributed by atoms with E-state index in [1.807, 2.05) is 35.7 Å². The fourth-order valence-electron chi connectivity index (χ4n) is 11.5. The number of fused-ring (bicyclic) bond motifs is 8. The second kappa shape index (κ2) is 19.0. The second-order valence-electron chi connectivity index (χ2n) is 27.3. The van der Waals surface area contributed by atoms with Crippen LogP contribution in [0.3, 0.4) is 0 Å². The van der Waals surface area contributed by atoms with Crippen LogP contribution in [0.2, 0.25) is 0 Å². The van der Waals surface area contributed by atoms with Gasteiger partial charge in [-0.3, -0.25) is 4.57 Å². The van der Waals surface area contributed by atoms with Crippen LogP contribution in [0.1, 0.15) is 136 Å². The molecule has 0 amide bonds. The topological polar surface area (TPSA) is 33.5 Å². The Morgan fingerprint density at radius 1 is 0.475 bits per heavy atom. The average Bonchev–Trinajstić information content (AvgIpc) is 1.99. The summed E-state index contributed by atoms with van der Waals surface area (Å²) in [5, 5.41) is 4.67. The van der Waals surface area contributed by atoms with E-state index in [0.29, 0.717) is 18.1 Å². The molecule has 0 saturated carbocycles. The Bertz CT molecular complexity index is 4260. The van der Waals surface area contributed by atoms with Gasteiger partial charge in [0.05, 0.1) is 32.2 Å². The van der Waals surface area contributed by atoms with Crippen LogP contribution in [0.4, 0.5) is 22.7 Å². The monoisotopic (exact) mass is 1070 g/mol. The number of benzene rings is 8. The number of anilines is 4. The number of hydrogen-bond acceptors (Lipinski definition) is 5. The Labute approximate surface area is 482 Å². The van der Waals surface area contributed by atoms with Gasteiger partial charge in [-0.05, 0) is 127 Å². The van der Waals surface area contributed by atoms with Crippen molar-refractivity contribution in [2.24, 2.45) is 0 Å². The lowest BCUT2D eigenvalue weighted by molar-refractivity contribution is 0.483. The van der Waals surface area contributed by atoms with Crippen LogP contribution < -0.4 is 14.5 Å². The molecule has 0 N–H and O–H groups in total. The molecule has 1 aliphatic rings. The first-order chi connectivity index (χ1) is 39.0. The van der Waals surface area contributed by atoms with E-state index in [1.165, 1.54) is 48.0 Å². The molecular formula is C74H76N4OS. The van der Waals surface area contributed by atoms with Crippen LogP contribution >= 0.6 is 11.3 Å². The van der Waals surface area contributed by atoms with Gasteiger partial charge in [0.1, 0.15) is 24.0 Å². The van der Waals surface area contributed by atoms with Gasteiger partial charge in [0.15, 0.2) is 0 Å². The molecule has 80 heavy (non-hydrogen) atoms. The van der Waals surface area contributed by atoms with E-state index in [0.717, 1.165) is 66.9 Å². The Morgan fingerprint density at radius 3 is 1.64 bits per heavy atom. The van der Waals surface area contributed by atoms with Crippen LogP contribution in [0, 0.1) is 0 Å². The Hall–Kier alpha value is -7.67. The van der Waals surface area contributed by atoms with Crippen LogP contribution in [0.25, 0.3) is 70.0 Å². The molecule has 0 atom stereocenters. The van der Waals surface area contributed by atoms with Gasteiger partial charge in [-0.25, -0.2) is 4.98 Å². The summed E-state index contributed by atoms with van der Waals surface area (Å²) in [5.41, 5.74) is 15.6. The molecule has 4 heterocycles. The molecule has 8 aromatic carbocycles. The predicted molar refractivity (Wildman–Crippen MR) is 344 cm³/mol. The first-order valence-corrected chi connectivity index (χ1v) is 29.1. The van der Waals surface area contributed by atoms with Crippen LogP contribution in [-0.4, -0.2) is 16.2 Å². The van der Waals surface area contributed by atoms with Gasteiger partial charge in [0.2, 0.25) is 0 Å². The van der Waals surface area contributed by atoms with Gasteiger partial charge in [-0.2, -0.15) is 0 Å². The number of ether oxygens (including phenoxy) is 1. The molecule has 0 bridgehead atoms. The van der Waals surface area contributed by atoms with Crippen molar-refractivity contribution < 1.29 is 8.85 Å². The van der Waals surface area contributed by atoms with Gasteiger partial charge < -0.3 is 14.5 Å². The Morgan fingerprint density at radius 2 is 1.04 bits per heavy atom. The van der Waals surface area contributed by atoms with E-state index >= 15 is 0 Å². The van der Waals surface area contributed by atoms with Crippen molar-refractivity contribution in [3.05, 3.63) is 204 Å². The average molecular weight is 1070 g/mol. The molecule has 12 rings (SSSR count). The Balaban J connectivity index is 1.03. The molecule has 0 unspecified atom stereocenters. The first-order valence-electron chi connectivity index (χ1n) is 29.8. The molecule has 6 heteroatoms.